The van der Waals surface area contributed by atoms with Crippen LogP contribution in [0.1, 0.15) is 39.7 Å². The summed E-state index contributed by atoms with van der Waals surface area (Å²) in [6.07, 6.45) is 2.02. The average Bonchev–Trinajstić information content (AvgIpc) is 3.06. The van der Waals surface area contributed by atoms with Crippen LogP contribution in [0.4, 0.5) is 17.5 Å². The van der Waals surface area contributed by atoms with Gasteiger partial charge in [0, 0.05) is 18.4 Å². The van der Waals surface area contributed by atoms with Crippen LogP contribution in [0.5, 0.6) is 0 Å². The minimum Gasteiger partial charge on any atom is -0.481 e. The first-order valence-electron chi connectivity index (χ1n) is 9.79. The van der Waals surface area contributed by atoms with E-state index < -0.39 is 16.8 Å². The number of carbonyl (C=O) groups is 2. The largest absolute Gasteiger partial charge is 0.481 e. The van der Waals surface area contributed by atoms with Crippen LogP contribution in [0.2, 0.25) is 0 Å². The van der Waals surface area contributed by atoms with Gasteiger partial charge in [0.2, 0.25) is 11.9 Å². The first-order chi connectivity index (χ1) is 14.1. The van der Waals surface area contributed by atoms with E-state index in [9.17, 15) is 20.0 Å². The van der Waals surface area contributed by atoms with Crippen molar-refractivity contribution < 1.29 is 14.7 Å². The van der Waals surface area contributed by atoms with Crippen molar-refractivity contribution in [2.24, 2.45) is 11.3 Å². The monoisotopic (exact) mass is 407 g/mol. The molecule has 1 fully saturated rings. The molecule has 2 heterocycles. The van der Waals surface area contributed by atoms with Gasteiger partial charge in [-0.25, -0.2) is 4.98 Å². The third kappa shape index (κ3) is 3.59. The number of aliphatic carboxylic acids is 1. The molecule has 156 valence electrons. The number of nitrogens with zero attached hydrogens (tertiary/aromatic N) is 4. The molecule has 1 aromatic heterocycles. The molecular formula is C22H25N5O3. The molecule has 2 aromatic rings. The summed E-state index contributed by atoms with van der Waals surface area (Å²) in [7, 11) is 0. The number of aromatic nitrogens is 2. The number of anilines is 3. The molecule has 8 heteroatoms. The average molecular weight is 407 g/mol. The maximum Gasteiger partial charge on any atom is 0.313 e. The van der Waals surface area contributed by atoms with Crippen molar-refractivity contribution in [2.75, 3.05) is 16.8 Å². The molecule has 1 saturated heterocycles. The van der Waals surface area contributed by atoms with Gasteiger partial charge >= 0.3 is 5.97 Å². The van der Waals surface area contributed by atoms with E-state index in [1.54, 1.807) is 50.4 Å². The lowest BCUT2D eigenvalue weighted by Crippen LogP contribution is -2.37. The predicted molar refractivity (Wildman–Crippen MR) is 112 cm³/mol. The van der Waals surface area contributed by atoms with E-state index in [0.29, 0.717) is 36.0 Å². The Bertz CT molecular complexity index is 1010. The van der Waals surface area contributed by atoms with Gasteiger partial charge in [0.1, 0.15) is 11.2 Å². The van der Waals surface area contributed by atoms with E-state index in [-0.39, 0.29) is 11.8 Å². The maximum absolute atomic E-state index is 12.9. The summed E-state index contributed by atoms with van der Waals surface area (Å²) in [6, 6.07) is 10.9. The highest BCUT2D eigenvalue weighted by Crippen LogP contribution is 2.40. The Hall–Kier alpha value is -3.47. The van der Waals surface area contributed by atoms with E-state index in [0.717, 1.165) is 0 Å². The molecule has 1 amide bonds. The van der Waals surface area contributed by atoms with E-state index in [4.69, 9.17) is 0 Å². The van der Waals surface area contributed by atoms with E-state index in [1.165, 1.54) is 4.90 Å². The Kier molecular flexibility index (Phi) is 5.49. The van der Waals surface area contributed by atoms with Crippen molar-refractivity contribution in [3.8, 4) is 6.07 Å². The van der Waals surface area contributed by atoms with Crippen molar-refractivity contribution in [1.29, 1.82) is 5.26 Å². The van der Waals surface area contributed by atoms with Gasteiger partial charge in [-0.05, 0) is 49.9 Å². The van der Waals surface area contributed by atoms with Crippen LogP contribution in [-0.2, 0) is 15.0 Å². The number of nitriles is 1. The van der Waals surface area contributed by atoms with Crippen LogP contribution in [0.25, 0.3) is 0 Å². The summed E-state index contributed by atoms with van der Waals surface area (Å²) < 4.78 is 0. The number of amides is 1. The summed E-state index contributed by atoms with van der Waals surface area (Å²) in [5.41, 5.74) is -0.641. The molecule has 0 bridgehead atoms. The molecule has 8 nitrogen and oxygen atoms in total. The summed E-state index contributed by atoms with van der Waals surface area (Å²) in [5.74, 6) is -0.467. The van der Waals surface area contributed by atoms with Gasteiger partial charge in [-0.1, -0.05) is 26.0 Å². The maximum atomic E-state index is 12.9. The zero-order chi connectivity index (χ0) is 22.1. The Balaban J connectivity index is 1.80. The van der Waals surface area contributed by atoms with Crippen molar-refractivity contribution in [2.45, 2.75) is 39.5 Å². The molecule has 0 saturated carbocycles. The number of hydrogen-bond acceptors (Lipinski definition) is 6. The molecule has 1 aliphatic heterocycles. The number of benzene rings is 1. The fourth-order valence-electron chi connectivity index (χ4n) is 3.51. The minimum atomic E-state index is -1.02. The smallest absolute Gasteiger partial charge is 0.313 e. The van der Waals surface area contributed by atoms with Gasteiger partial charge in [0.05, 0.1) is 11.5 Å². The molecule has 1 aromatic carbocycles. The molecular weight excluding hydrogens is 382 g/mol. The minimum absolute atomic E-state index is 0.0898. The van der Waals surface area contributed by atoms with Gasteiger partial charge < -0.3 is 10.4 Å². The van der Waals surface area contributed by atoms with E-state index in [1.807, 2.05) is 13.8 Å². The fourth-order valence-corrected chi connectivity index (χ4v) is 3.51. The molecule has 0 unspecified atom stereocenters. The quantitative estimate of drug-likeness (QED) is 0.752. The molecule has 0 aliphatic carbocycles. The van der Waals surface area contributed by atoms with Gasteiger partial charge in [-0.2, -0.15) is 10.2 Å². The third-order valence-electron chi connectivity index (χ3n) is 5.86. The molecule has 1 aliphatic rings. The number of carboxylic acid groups (broad SMARTS) is 1. The molecule has 1 atom stereocenters. The Morgan fingerprint density at radius 2 is 1.97 bits per heavy atom. The highest BCUT2D eigenvalue weighted by atomic mass is 16.4. The predicted octanol–water partition coefficient (Wildman–Crippen LogP) is 3.49. The van der Waals surface area contributed by atoms with E-state index in [2.05, 4.69) is 21.4 Å². The molecule has 3 rings (SSSR count). The Morgan fingerprint density at radius 3 is 2.50 bits per heavy atom. The van der Waals surface area contributed by atoms with Gasteiger partial charge in [-0.3, -0.25) is 14.5 Å². The second-order valence-electron chi connectivity index (χ2n) is 8.32. The first-order valence-corrected chi connectivity index (χ1v) is 9.79. The number of hydrogen-bond donors (Lipinski definition) is 2. The Morgan fingerprint density at radius 1 is 1.30 bits per heavy atom. The van der Waals surface area contributed by atoms with Gasteiger partial charge in [0.25, 0.3) is 0 Å². The van der Waals surface area contributed by atoms with Crippen LogP contribution >= 0.6 is 0 Å². The van der Waals surface area contributed by atoms with Crippen LogP contribution in [0.15, 0.2) is 36.5 Å². The Labute approximate surface area is 175 Å². The zero-order valence-electron chi connectivity index (χ0n) is 17.5. The van der Waals surface area contributed by atoms with Gasteiger partial charge in [-0.15, -0.1) is 0 Å². The number of carboxylic acids is 1. The van der Waals surface area contributed by atoms with Crippen molar-refractivity contribution >= 4 is 29.3 Å². The lowest BCUT2D eigenvalue weighted by atomic mass is 9.77. The summed E-state index contributed by atoms with van der Waals surface area (Å²) >= 11 is 0. The SMILES string of the molecule is CC(C)[C@]1(C#N)CCN(c2ccnc(Nc3ccc(C(C)(C)C(=O)O)cc3)n2)C1=O. The molecule has 2 N–H and O–H groups in total. The van der Waals surface area contributed by atoms with Crippen molar-refractivity contribution in [3.63, 3.8) is 0 Å². The normalized spacial score (nSPS) is 19.1. The van der Waals surface area contributed by atoms with Crippen LogP contribution in [-0.4, -0.2) is 33.5 Å². The van der Waals surface area contributed by atoms with Crippen molar-refractivity contribution in [3.05, 3.63) is 42.1 Å². The second kappa shape index (κ2) is 7.75. The standard InChI is InChI=1S/C22H25N5O3/c1-14(2)22(13-23)10-12-27(18(22)28)17-9-11-24-20(26-17)25-16-7-5-15(6-8-16)21(3,4)19(29)30/h5-9,11,14H,10,12H2,1-4H3,(H,29,30)(H,24,25,26)/t22-/m1/s1. The van der Waals surface area contributed by atoms with Gasteiger partial charge in [0.15, 0.2) is 0 Å². The highest BCUT2D eigenvalue weighted by Gasteiger charge is 2.50. The molecule has 0 radical (unpaired) electrons. The molecule has 30 heavy (non-hydrogen) atoms. The topological polar surface area (TPSA) is 119 Å². The number of carbonyl (C=O) groups excluding carboxylic acids is 1. The second-order valence-corrected chi connectivity index (χ2v) is 8.32. The highest BCUT2D eigenvalue weighted by molar-refractivity contribution is 6.01. The summed E-state index contributed by atoms with van der Waals surface area (Å²) in [4.78, 5) is 34.5. The first kappa shape index (κ1) is 21.2. The molecule has 0 spiro atoms. The van der Waals surface area contributed by atoms with Crippen LogP contribution < -0.4 is 10.2 Å². The lowest BCUT2D eigenvalue weighted by molar-refractivity contribution is -0.142. The number of rotatable bonds is 6. The number of nitrogens with one attached hydrogen (secondary N) is 1. The van der Waals surface area contributed by atoms with Crippen LogP contribution in [0.3, 0.4) is 0 Å². The van der Waals surface area contributed by atoms with Crippen molar-refractivity contribution in [1.82, 2.24) is 9.97 Å². The fraction of sp³-hybridized carbons (Fsp3) is 0.409. The summed E-state index contributed by atoms with van der Waals surface area (Å²) in [6.45, 7) is 7.49. The summed E-state index contributed by atoms with van der Waals surface area (Å²) in [5, 5.41) is 22.0. The lowest BCUT2D eigenvalue weighted by Gasteiger charge is -2.24. The zero-order valence-corrected chi connectivity index (χ0v) is 17.5. The third-order valence-corrected chi connectivity index (χ3v) is 5.86. The van der Waals surface area contributed by atoms with E-state index >= 15 is 0 Å². The van der Waals surface area contributed by atoms with Crippen LogP contribution in [0, 0.1) is 22.7 Å².